The van der Waals surface area contributed by atoms with Crippen molar-refractivity contribution in [3.8, 4) is 17.2 Å². The van der Waals surface area contributed by atoms with Crippen LogP contribution in [0.4, 0.5) is 0 Å². The van der Waals surface area contributed by atoms with Crippen molar-refractivity contribution in [3.05, 3.63) is 53.6 Å². The van der Waals surface area contributed by atoms with Gasteiger partial charge in [-0.05, 0) is 35.4 Å². The molecule has 0 aromatic heterocycles. The van der Waals surface area contributed by atoms with Crippen molar-refractivity contribution in [2.45, 2.75) is 12.5 Å². The number of hydrogen-bond donors (Lipinski definition) is 2. The summed E-state index contributed by atoms with van der Waals surface area (Å²) in [7, 11) is 4.68. The molecule has 0 saturated carbocycles. The van der Waals surface area contributed by atoms with E-state index in [2.05, 4.69) is 5.32 Å². The van der Waals surface area contributed by atoms with Crippen molar-refractivity contribution in [3.63, 3.8) is 0 Å². The number of aliphatic hydroxyl groups excluding tert-OH is 1. The van der Waals surface area contributed by atoms with E-state index in [9.17, 15) is 9.90 Å². The molecule has 0 heterocycles. The molecule has 2 rings (SSSR count). The normalized spacial score (nSPS) is 11.5. The van der Waals surface area contributed by atoms with Crippen LogP contribution >= 0.6 is 0 Å². The molecule has 1 amide bonds. The zero-order valence-corrected chi connectivity index (χ0v) is 14.6. The number of carbonyl (C=O) groups is 1. The van der Waals surface area contributed by atoms with Crippen LogP contribution in [0.2, 0.25) is 0 Å². The summed E-state index contributed by atoms with van der Waals surface area (Å²) < 4.78 is 15.5. The Hall–Kier alpha value is -2.73. The smallest absolute Gasteiger partial charge is 0.224 e. The van der Waals surface area contributed by atoms with Crippen molar-refractivity contribution in [1.29, 1.82) is 0 Å². The first kappa shape index (κ1) is 18.6. The quantitative estimate of drug-likeness (QED) is 0.766. The van der Waals surface area contributed by atoms with E-state index in [1.54, 1.807) is 44.6 Å². The minimum Gasteiger partial charge on any atom is -0.497 e. The van der Waals surface area contributed by atoms with Gasteiger partial charge in [0, 0.05) is 6.54 Å². The topological polar surface area (TPSA) is 77.0 Å². The first-order valence-corrected chi connectivity index (χ1v) is 7.87. The van der Waals surface area contributed by atoms with Crippen LogP contribution in [0, 0.1) is 0 Å². The summed E-state index contributed by atoms with van der Waals surface area (Å²) in [6, 6.07) is 12.4. The fraction of sp³-hybridized carbons (Fsp3) is 0.316. The predicted molar refractivity (Wildman–Crippen MR) is 94.2 cm³/mol. The van der Waals surface area contributed by atoms with Gasteiger partial charge in [0.1, 0.15) is 5.75 Å². The monoisotopic (exact) mass is 345 g/mol. The van der Waals surface area contributed by atoms with Gasteiger partial charge in [-0.15, -0.1) is 0 Å². The van der Waals surface area contributed by atoms with Gasteiger partial charge in [0.25, 0.3) is 0 Å². The maximum absolute atomic E-state index is 12.0. The summed E-state index contributed by atoms with van der Waals surface area (Å²) >= 11 is 0. The van der Waals surface area contributed by atoms with Gasteiger partial charge in [0.15, 0.2) is 11.5 Å². The van der Waals surface area contributed by atoms with E-state index in [0.29, 0.717) is 17.1 Å². The maximum Gasteiger partial charge on any atom is 0.224 e. The third-order valence-electron chi connectivity index (χ3n) is 3.81. The molecule has 25 heavy (non-hydrogen) atoms. The van der Waals surface area contributed by atoms with Crippen LogP contribution in [0.5, 0.6) is 17.2 Å². The maximum atomic E-state index is 12.0. The lowest BCUT2D eigenvalue weighted by molar-refractivity contribution is -0.120. The number of carbonyl (C=O) groups excluding carboxylic acids is 1. The zero-order valence-electron chi connectivity index (χ0n) is 14.6. The molecule has 2 N–H and O–H groups in total. The Morgan fingerprint density at radius 2 is 1.68 bits per heavy atom. The minimum atomic E-state index is -0.834. The first-order chi connectivity index (χ1) is 12.1. The average Bonchev–Trinajstić information content (AvgIpc) is 2.66. The van der Waals surface area contributed by atoms with E-state index in [-0.39, 0.29) is 18.9 Å². The van der Waals surface area contributed by atoms with Crippen LogP contribution in [0.1, 0.15) is 17.2 Å². The summed E-state index contributed by atoms with van der Waals surface area (Å²) in [6.45, 7) is 0.116. The third-order valence-corrected chi connectivity index (χ3v) is 3.81. The van der Waals surface area contributed by atoms with Crippen LogP contribution in [0.15, 0.2) is 42.5 Å². The van der Waals surface area contributed by atoms with Crippen LogP contribution in [-0.4, -0.2) is 38.9 Å². The molecule has 0 aliphatic heterocycles. The number of methoxy groups -OCH3 is 3. The molecule has 2 aromatic rings. The highest BCUT2D eigenvalue weighted by Gasteiger charge is 2.13. The molecular weight excluding hydrogens is 322 g/mol. The largest absolute Gasteiger partial charge is 0.497 e. The fourth-order valence-corrected chi connectivity index (χ4v) is 2.38. The first-order valence-electron chi connectivity index (χ1n) is 7.87. The SMILES string of the molecule is COc1ccc(CC(=O)NCC(O)c2ccc(OC)c(OC)c2)cc1. The zero-order chi connectivity index (χ0) is 18.2. The molecule has 0 aliphatic carbocycles. The van der Waals surface area contributed by atoms with Crippen molar-refractivity contribution in [2.75, 3.05) is 27.9 Å². The summed E-state index contributed by atoms with van der Waals surface area (Å²) in [5, 5.41) is 13.0. The second-order valence-corrected chi connectivity index (χ2v) is 5.46. The Balaban J connectivity index is 1.90. The molecule has 2 aromatic carbocycles. The second-order valence-electron chi connectivity index (χ2n) is 5.46. The van der Waals surface area contributed by atoms with Crippen LogP contribution in [0.25, 0.3) is 0 Å². The molecule has 1 atom stereocenters. The standard InChI is InChI=1S/C19H23NO5/c1-23-15-7-4-13(5-8-15)10-19(22)20-12-16(21)14-6-9-17(24-2)18(11-14)25-3/h4-9,11,16,21H,10,12H2,1-3H3,(H,20,22). The molecule has 134 valence electrons. The van der Waals surface area contributed by atoms with Crippen molar-refractivity contribution in [1.82, 2.24) is 5.32 Å². The van der Waals surface area contributed by atoms with Crippen molar-refractivity contribution < 1.29 is 24.1 Å². The number of ether oxygens (including phenoxy) is 3. The molecule has 0 fully saturated rings. The molecule has 0 bridgehead atoms. The summed E-state index contributed by atoms with van der Waals surface area (Å²) in [4.78, 5) is 12.0. The summed E-state index contributed by atoms with van der Waals surface area (Å²) in [5.41, 5.74) is 1.52. The van der Waals surface area contributed by atoms with Gasteiger partial charge in [0.05, 0.1) is 33.9 Å². The highest BCUT2D eigenvalue weighted by atomic mass is 16.5. The lowest BCUT2D eigenvalue weighted by Crippen LogP contribution is -2.29. The van der Waals surface area contributed by atoms with Crippen molar-refractivity contribution >= 4 is 5.91 Å². The second kappa shape index (κ2) is 8.94. The Kier molecular flexibility index (Phi) is 6.65. The number of aliphatic hydroxyl groups is 1. The van der Waals surface area contributed by atoms with Gasteiger partial charge in [0.2, 0.25) is 5.91 Å². The van der Waals surface area contributed by atoms with Crippen molar-refractivity contribution in [2.24, 2.45) is 0 Å². The Bertz CT molecular complexity index is 699. The molecule has 6 heteroatoms. The van der Waals surface area contributed by atoms with Gasteiger partial charge in [-0.25, -0.2) is 0 Å². The van der Waals surface area contributed by atoms with E-state index in [1.807, 2.05) is 12.1 Å². The van der Waals surface area contributed by atoms with Gasteiger partial charge in [-0.3, -0.25) is 4.79 Å². The molecular formula is C19H23NO5. The number of benzene rings is 2. The number of rotatable bonds is 8. The molecule has 0 radical (unpaired) electrons. The van der Waals surface area contributed by atoms with E-state index >= 15 is 0 Å². The summed E-state index contributed by atoms with van der Waals surface area (Å²) in [5.74, 6) is 1.70. The van der Waals surface area contributed by atoms with Gasteiger partial charge in [-0.1, -0.05) is 18.2 Å². The molecule has 0 saturated heterocycles. The highest BCUT2D eigenvalue weighted by molar-refractivity contribution is 5.78. The van der Waals surface area contributed by atoms with Gasteiger partial charge in [-0.2, -0.15) is 0 Å². The van der Waals surface area contributed by atoms with E-state index in [1.165, 1.54) is 7.11 Å². The van der Waals surface area contributed by atoms with Crippen LogP contribution in [-0.2, 0) is 11.2 Å². The highest BCUT2D eigenvalue weighted by Crippen LogP contribution is 2.29. The summed E-state index contributed by atoms with van der Waals surface area (Å²) in [6.07, 6.45) is -0.595. The Morgan fingerprint density at radius 3 is 2.28 bits per heavy atom. The lowest BCUT2D eigenvalue weighted by Gasteiger charge is -2.15. The number of amides is 1. The van der Waals surface area contributed by atoms with E-state index in [0.717, 1.165) is 11.3 Å². The van der Waals surface area contributed by atoms with Crippen LogP contribution < -0.4 is 19.5 Å². The van der Waals surface area contributed by atoms with Gasteiger partial charge >= 0.3 is 0 Å². The third kappa shape index (κ3) is 5.12. The molecule has 0 aliphatic rings. The molecule has 6 nitrogen and oxygen atoms in total. The van der Waals surface area contributed by atoms with Gasteiger partial charge < -0.3 is 24.6 Å². The lowest BCUT2D eigenvalue weighted by atomic mass is 10.1. The Labute approximate surface area is 147 Å². The van der Waals surface area contributed by atoms with Crippen LogP contribution in [0.3, 0.4) is 0 Å². The van der Waals surface area contributed by atoms with E-state index < -0.39 is 6.10 Å². The Morgan fingerprint density at radius 1 is 1.00 bits per heavy atom. The number of nitrogens with one attached hydrogen (secondary N) is 1. The fourth-order valence-electron chi connectivity index (χ4n) is 2.38. The van der Waals surface area contributed by atoms with E-state index in [4.69, 9.17) is 14.2 Å². The average molecular weight is 345 g/mol. The molecule has 0 spiro atoms. The predicted octanol–water partition coefficient (Wildman–Crippen LogP) is 2.10. The minimum absolute atomic E-state index is 0.116. The molecule has 1 unspecified atom stereocenters. The number of hydrogen-bond acceptors (Lipinski definition) is 5.